The van der Waals surface area contributed by atoms with Crippen LogP contribution in [0.15, 0.2) is 115 Å². The number of anilines is 2. The van der Waals surface area contributed by atoms with Crippen LogP contribution in [0.3, 0.4) is 0 Å². The van der Waals surface area contributed by atoms with E-state index < -0.39 is 0 Å². The summed E-state index contributed by atoms with van der Waals surface area (Å²) in [5, 5.41) is 0. The molecule has 0 aliphatic heterocycles. The van der Waals surface area contributed by atoms with E-state index in [2.05, 4.69) is 145 Å². The van der Waals surface area contributed by atoms with Crippen molar-refractivity contribution in [2.75, 3.05) is 4.90 Å². The van der Waals surface area contributed by atoms with Crippen LogP contribution in [-0.2, 0) is 6.42 Å². The highest BCUT2D eigenvalue weighted by Gasteiger charge is 2.13. The van der Waals surface area contributed by atoms with Crippen LogP contribution >= 0.6 is 0 Å². The average molecular weight is 500 g/mol. The predicted octanol–water partition coefficient (Wildman–Crippen LogP) is 11.0. The number of rotatable bonds is 14. The fraction of sp³-hybridized carbons (Fsp3) is 0.243. The first-order chi connectivity index (χ1) is 18.8. The maximum atomic E-state index is 2.33. The third kappa shape index (κ3) is 8.35. The molecule has 4 aromatic rings. The van der Waals surface area contributed by atoms with E-state index in [-0.39, 0.29) is 0 Å². The van der Waals surface area contributed by atoms with Crippen molar-refractivity contribution < 1.29 is 0 Å². The van der Waals surface area contributed by atoms with Gasteiger partial charge in [0.2, 0.25) is 0 Å². The molecule has 0 amide bonds. The molecule has 0 atom stereocenters. The SMILES string of the molecule is CCCCCCCCCc1cccc(N(C=Cc2ccccc2)c2ccccc2)c1C=Cc1ccccc1. The van der Waals surface area contributed by atoms with Crippen LogP contribution in [-0.4, -0.2) is 0 Å². The van der Waals surface area contributed by atoms with E-state index in [1.165, 1.54) is 72.9 Å². The molecule has 4 rings (SSSR count). The fourth-order valence-electron chi connectivity index (χ4n) is 4.86. The zero-order valence-electron chi connectivity index (χ0n) is 22.8. The summed E-state index contributed by atoms with van der Waals surface area (Å²) in [6.45, 7) is 2.28. The van der Waals surface area contributed by atoms with Crippen molar-refractivity contribution in [3.05, 3.63) is 138 Å². The highest BCUT2D eigenvalue weighted by atomic mass is 15.1. The maximum Gasteiger partial charge on any atom is 0.0530 e. The molecule has 0 fully saturated rings. The molecule has 1 heteroatoms. The summed E-state index contributed by atoms with van der Waals surface area (Å²) in [5.41, 5.74) is 7.48. The van der Waals surface area contributed by atoms with E-state index in [9.17, 15) is 0 Å². The fourth-order valence-corrected chi connectivity index (χ4v) is 4.86. The molecule has 4 aromatic carbocycles. The smallest absolute Gasteiger partial charge is 0.0530 e. The van der Waals surface area contributed by atoms with Crippen LogP contribution in [0.5, 0.6) is 0 Å². The largest absolute Gasteiger partial charge is 0.317 e. The predicted molar refractivity (Wildman–Crippen MR) is 168 cm³/mol. The van der Waals surface area contributed by atoms with Gasteiger partial charge in [0.05, 0.1) is 5.69 Å². The van der Waals surface area contributed by atoms with E-state index in [1.807, 2.05) is 0 Å². The van der Waals surface area contributed by atoms with Gasteiger partial charge in [-0.1, -0.05) is 149 Å². The van der Waals surface area contributed by atoms with Gasteiger partial charge in [0.1, 0.15) is 0 Å². The first kappa shape index (κ1) is 27.2. The Labute approximate surface area is 230 Å². The Balaban J connectivity index is 1.67. The second-order valence-electron chi connectivity index (χ2n) is 9.90. The Kier molecular flexibility index (Phi) is 11.0. The number of hydrogen-bond acceptors (Lipinski definition) is 1. The molecule has 0 aromatic heterocycles. The van der Waals surface area contributed by atoms with Crippen molar-refractivity contribution in [2.45, 2.75) is 58.3 Å². The third-order valence-corrected chi connectivity index (χ3v) is 6.97. The molecule has 194 valence electrons. The van der Waals surface area contributed by atoms with Gasteiger partial charge >= 0.3 is 0 Å². The zero-order valence-corrected chi connectivity index (χ0v) is 22.8. The lowest BCUT2D eigenvalue weighted by atomic mass is 9.97. The van der Waals surface area contributed by atoms with Crippen molar-refractivity contribution >= 4 is 29.6 Å². The van der Waals surface area contributed by atoms with E-state index in [0.29, 0.717) is 0 Å². The van der Waals surface area contributed by atoms with E-state index in [1.54, 1.807) is 0 Å². The Morgan fingerprint density at radius 2 is 1.11 bits per heavy atom. The van der Waals surface area contributed by atoms with Gasteiger partial charge in [-0.2, -0.15) is 0 Å². The quantitative estimate of drug-likeness (QED) is 0.123. The van der Waals surface area contributed by atoms with Crippen LogP contribution in [0, 0.1) is 0 Å². The Bertz CT molecular complexity index is 1260. The van der Waals surface area contributed by atoms with Crippen LogP contribution in [0.4, 0.5) is 11.4 Å². The van der Waals surface area contributed by atoms with Crippen molar-refractivity contribution in [1.29, 1.82) is 0 Å². The zero-order chi connectivity index (χ0) is 26.3. The van der Waals surface area contributed by atoms with Gasteiger partial charge in [-0.15, -0.1) is 0 Å². The molecule has 0 saturated heterocycles. The number of benzene rings is 4. The van der Waals surface area contributed by atoms with Crippen molar-refractivity contribution in [1.82, 2.24) is 0 Å². The van der Waals surface area contributed by atoms with Crippen molar-refractivity contribution in [3.63, 3.8) is 0 Å². The van der Waals surface area contributed by atoms with Gasteiger partial charge in [0.25, 0.3) is 0 Å². The Morgan fingerprint density at radius 3 is 1.76 bits per heavy atom. The standard InChI is InChI=1S/C37H41N/c1-2-3-4-5-6-7-15-23-34-24-18-27-37(36(34)29-28-32-19-11-8-12-20-32)38(35-25-16-10-17-26-35)31-30-33-21-13-9-14-22-33/h8-14,16-22,24-31H,2-7,15,23H2,1H3. The molecule has 0 aliphatic rings. The number of hydrogen-bond donors (Lipinski definition) is 0. The molecule has 1 nitrogen and oxygen atoms in total. The number of unbranched alkanes of at least 4 members (excludes halogenated alkanes) is 6. The molecule has 0 unspecified atom stereocenters. The molecule has 0 radical (unpaired) electrons. The van der Waals surface area contributed by atoms with E-state index >= 15 is 0 Å². The van der Waals surface area contributed by atoms with Gasteiger partial charge in [0.15, 0.2) is 0 Å². The summed E-state index contributed by atoms with van der Waals surface area (Å²) in [4.78, 5) is 2.33. The van der Waals surface area contributed by atoms with Crippen molar-refractivity contribution in [2.24, 2.45) is 0 Å². The minimum atomic E-state index is 1.10. The topological polar surface area (TPSA) is 3.24 Å². The van der Waals surface area contributed by atoms with Crippen molar-refractivity contribution in [3.8, 4) is 0 Å². The van der Waals surface area contributed by atoms with Crippen LogP contribution < -0.4 is 4.90 Å². The summed E-state index contributed by atoms with van der Waals surface area (Å²) >= 11 is 0. The Morgan fingerprint density at radius 1 is 0.526 bits per heavy atom. The lowest BCUT2D eigenvalue weighted by molar-refractivity contribution is 0.589. The van der Waals surface area contributed by atoms with E-state index in [4.69, 9.17) is 0 Å². The average Bonchev–Trinajstić information content (AvgIpc) is 2.98. The summed E-state index contributed by atoms with van der Waals surface area (Å²) in [6.07, 6.45) is 19.3. The van der Waals surface area contributed by atoms with Crippen LogP contribution in [0.1, 0.15) is 74.1 Å². The molecule has 0 N–H and O–H groups in total. The molecular weight excluding hydrogens is 458 g/mol. The highest BCUT2D eigenvalue weighted by molar-refractivity contribution is 5.83. The van der Waals surface area contributed by atoms with Gasteiger partial charge in [-0.05, 0) is 53.8 Å². The minimum Gasteiger partial charge on any atom is -0.317 e. The molecule has 0 saturated carbocycles. The van der Waals surface area contributed by atoms with Crippen LogP contribution in [0.2, 0.25) is 0 Å². The van der Waals surface area contributed by atoms with Gasteiger partial charge in [-0.3, -0.25) is 0 Å². The Hall–Kier alpha value is -3.84. The number of nitrogens with zero attached hydrogens (tertiary/aromatic N) is 1. The molecule has 38 heavy (non-hydrogen) atoms. The first-order valence-corrected chi connectivity index (χ1v) is 14.3. The molecule has 0 bridgehead atoms. The van der Waals surface area contributed by atoms with Gasteiger partial charge in [0, 0.05) is 17.5 Å². The third-order valence-electron chi connectivity index (χ3n) is 6.97. The number of aryl methyl sites for hydroxylation is 1. The first-order valence-electron chi connectivity index (χ1n) is 14.3. The molecular formula is C37H41N. The number of para-hydroxylation sites is 1. The second kappa shape index (κ2) is 15.4. The summed E-state index contributed by atoms with van der Waals surface area (Å²) in [6, 6.07) is 38.6. The summed E-state index contributed by atoms with van der Waals surface area (Å²) < 4.78 is 0. The lowest BCUT2D eigenvalue weighted by Gasteiger charge is -2.25. The summed E-state index contributed by atoms with van der Waals surface area (Å²) in [5.74, 6) is 0. The second-order valence-corrected chi connectivity index (χ2v) is 9.90. The normalized spacial score (nSPS) is 11.4. The lowest BCUT2D eigenvalue weighted by Crippen LogP contribution is -2.11. The maximum absolute atomic E-state index is 2.33. The minimum absolute atomic E-state index is 1.10. The molecule has 0 aliphatic carbocycles. The molecule has 0 heterocycles. The molecule has 0 spiro atoms. The van der Waals surface area contributed by atoms with E-state index in [0.717, 1.165) is 12.1 Å². The summed E-state index contributed by atoms with van der Waals surface area (Å²) in [7, 11) is 0. The van der Waals surface area contributed by atoms with Gasteiger partial charge < -0.3 is 4.90 Å². The van der Waals surface area contributed by atoms with Gasteiger partial charge in [-0.25, -0.2) is 0 Å². The monoisotopic (exact) mass is 499 g/mol. The van der Waals surface area contributed by atoms with Crippen LogP contribution in [0.25, 0.3) is 18.2 Å². The highest BCUT2D eigenvalue weighted by Crippen LogP contribution is 2.33.